The van der Waals surface area contributed by atoms with E-state index in [2.05, 4.69) is 30.6 Å². The number of ether oxygens (including phenoxy) is 1. The molecule has 2 nitrogen and oxygen atoms in total. The van der Waals surface area contributed by atoms with Crippen molar-refractivity contribution in [2.45, 2.75) is 32.7 Å². The number of hydrogen-bond acceptors (Lipinski definition) is 1. The van der Waals surface area contributed by atoms with Crippen molar-refractivity contribution in [1.29, 1.82) is 0 Å². The van der Waals surface area contributed by atoms with Crippen LogP contribution < -0.4 is 4.74 Å². The van der Waals surface area contributed by atoms with Crippen LogP contribution in [-0.4, -0.2) is 23.4 Å². The molecule has 0 aliphatic carbocycles. The Hall–Kier alpha value is -2.16. The second-order valence-corrected chi connectivity index (χ2v) is 5.70. The maximum absolute atomic E-state index is 14.3. The van der Waals surface area contributed by atoms with Gasteiger partial charge in [-0.15, -0.1) is 0 Å². The van der Waals surface area contributed by atoms with Gasteiger partial charge in [0, 0.05) is 24.5 Å². The number of hydrogen-bond donors (Lipinski definition) is 0. The van der Waals surface area contributed by atoms with Gasteiger partial charge >= 0.3 is 0 Å². The van der Waals surface area contributed by atoms with Crippen molar-refractivity contribution in [3.05, 3.63) is 59.4 Å². The van der Waals surface area contributed by atoms with Crippen LogP contribution in [0.4, 0.5) is 10.1 Å². The Bertz CT molecular complexity index is 736. The molecule has 2 aromatic carbocycles. The zero-order chi connectivity index (χ0) is 15.7. The van der Waals surface area contributed by atoms with Crippen LogP contribution in [0.3, 0.4) is 0 Å². The summed E-state index contributed by atoms with van der Waals surface area (Å²) in [5.41, 5.74) is 4.30. The molecule has 1 aliphatic rings. The van der Waals surface area contributed by atoms with Gasteiger partial charge < -0.3 is 4.74 Å². The minimum Gasteiger partial charge on any atom is -0.497 e. The predicted molar refractivity (Wildman–Crippen MR) is 86.9 cm³/mol. The van der Waals surface area contributed by atoms with E-state index in [0.717, 1.165) is 18.6 Å². The van der Waals surface area contributed by atoms with Gasteiger partial charge in [-0.2, -0.15) is 8.97 Å². The molecule has 0 bridgehead atoms. The molecule has 0 amide bonds. The van der Waals surface area contributed by atoms with E-state index in [9.17, 15) is 4.39 Å². The number of nitrogens with zero attached hydrogens (tertiary/aromatic N) is 1. The van der Waals surface area contributed by atoms with Crippen molar-refractivity contribution >= 4 is 11.4 Å². The molecular formula is C19H21FNO+. The summed E-state index contributed by atoms with van der Waals surface area (Å²) in [6.07, 6.45) is 1.74. The van der Waals surface area contributed by atoms with Gasteiger partial charge in [-0.1, -0.05) is 19.1 Å². The second-order valence-electron chi connectivity index (χ2n) is 5.70. The summed E-state index contributed by atoms with van der Waals surface area (Å²) >= 11 is 0. The quantitative estimate of drug-likeness (QED) is 0.769. The lowest BCUT2D eigenvalue weighted by molar-refractivity contribution is -0.484. The number of para-hydroxylation sites is 1. The van der Waals surface area contributed by atoms with Gasteiger partial charge in [0.1, 0.15) is 5.75 Å². The lowest BCUT2D eigenvalue weighted by Crippen LogP contribution is -2.34. The summed E-state index contributed by atoms with van der Waals surface area (Å²) in [6, 6.07) is 13.4. The van der Waals surface area contributed by atoms with Crippen LogP contribution in [0, 0.1) is 5.82 Å². The number of rotatable bonds is 3. The molecule has 0 saturated carbocycles. The van der Waals surface area contributed by atoms with Crippen molar-refractivity contribution < 1.29 is 13.7 Å². The first-order valence-corrected chi connectivity index (χ1v) is 7.72. The second kappa shape index (κ2) is 5.91. The molecule has 0 aromatic heterocycles. The lowest BCUT2D eigenvalue weighted by atomic mass is 9.91. The van der Waals surface area contributed by atoms with Crippen molar-refractivity contribution in [2.75, 3.05) is 7.11 Å². The maximum Gasteiger partial charge on any atom is 0.241 e. The Kier molecular flexibility index (Phi) is 3.97. The van der Waals surface area contributed by atoms with E-state index < -0.39 is 0 Å². The fourth-order valence-corrected chi connectivity index (χ4v) is 3.34. The minimum absolute atomic E-state index is 0.169. The summed E-state index contributed by atoms with van der Waals surface area (Å²) < 4.78 is 21.8. The van der Waals surface area contributed by atoms with Gasteiger partial charge in [-0.3, -0.25) is 0 Å². The molecule has 1 atom stereocenters. The van der Waals surface area contributed by atoms with Gasteiger partial charge in [0.2, 0.25) is 5.69 Å². The van der Waals surface area contributed by atoms with Crippen LogP contribution in [0.15, 0.2) is 42.5 Å². The summed E-state index contributed by atoms with van der Waals surface area (Å²) in [6.45, 7) is 4.26. The smallest absolute Gasteiger partial charge is 0.241 e. The van der Waals surface area contributed by atoms with Crippen LogP contribution in [0.1, 0.15) is 31.4 Å². The highest BCUT2D eigenvalue weighted by molar-refractivity contribution is 5.99. The molecule has 114 valence electrons. The van der Waals surface area contributed by atoms with Crippen molar-refractivity contribution in [1.82, 2.24) is 0 Å². The molecule has 0 fully saturated rings. The van der Waals surface area contributed by atoms with E-state index in [-0.39, 0.29) is 11.9 Å². The summed E-state index contributed by atoms with van der Waals surface area (Å²) in [5, 5.41) is 0. The topological polar surface area (TPSA) is 12.2 Å². The molecule has 1 unspecified atom stereocenters. The van der Waals surface area contributed by atoms with Crippen LogP contribution in [-0.2, 0) is 6.42 Å². The monoisotopic (exact) mass is 298 g/mol. The van der Waals surface area contributed by atoms with Crippen molar-refractivity contribution in [3.8, 4) is 5.75 Å². The zero-order valence-electron chi connectivity index (χ0n) is 13.3. The molecule has 1 heterocycles. The third-order valence-corrected chi connectivity index (χ3v) is 4.32. The van der Waals surface area contributed by atoms with E-state index in [1.165, 1.54) is 22.9 Å². The summed E-state index contributed by atoms with van der Waals surface area (Å²) in [7, 11) is 1.68. The summed E-state index contributed by atoms with van der Waals surface area (Å²) in [5.74, 6) is 0.706. The number of halogens is 1. The maximum atomic E-state index is 14.3. The highest BCUT2D eigenvalue weighted by atomic mass is 19.1. The number of methoxy groups -OCH3 is 1. The molecule has 2 aromatic rings. The molecule has 3 rings (SSSR count). The SMILES string of the molecule is CCC1=[N+](c2ccccc2F)C(C)Cc2cc(OC)ccc21. The van der Waals surface area contributed by atoms with Crippen molar-refractivity contribution in [3.63, 3.8) is 0 Å². The molecule has 1 aliphatic heterocycles. The molecule has 3 heteroatoms. The first kappa shape index (κ1) is 14.8. The third kappa shape index (κ3) is 2.41. The number of fused-ring (bicyclic) bond motifs is 1. The Balaban J connectivity index is 2.22. The summed E-state index contributed by atoms with van der Waals surface area (Å²) in [4.78, 5) is 0. The number of benzene rings is 2. The standard InChI is InChI=1S/C19H21FNO/c1-4-18-16-10-9-15(22-3)12-14(16)11-13(2)21(18)19-8-6-5-7-17(19)20/h5-10,12-13H,4,11H2,1-3H3/q+1. The highest BCUT2D eigenvalue weighted by Gasteiger charge is 2.33. The molecule has 22 heavy (non-hydrogen) atoms. The van der Waals surface area contributed by atoms with E-state index in [0.29, 0.717) is 5.69 Å². The highest BCUT2D eigenvalue weighted by Crippen LogP contribution is 2.30. The lowest BCUT2D eigenvalue weighted by Gasteiger charge is -2.23. The molecule has 0 radical (unpaired) electrons. The van der Waals surface area contributed by atoms with Crippen LogP contribution in [0.25, 0.3) is 0 Å². The van der Waals surface area contributed by atoms with Crippen LogP contribution in [0.2, 0.25) is 0 Å². The molecule has 0 saturated heterocycles. The Morgan fingerprint density at radius 3 is 2.68 bits per heavy atom. The molecule has 0 N–H and O–H groups in total. The Labute approximate surface area is 130 Å². The zero-order valence-corrected chi connectivity index (χ0v) is 13.3. The van der Waals surface area contributed by atoms with E-state index in [1.54, 1.807) is 13.2 Å². The van der Waals surface area contributed by atoms with E-state index in [1.807, 2.05) is 18.2 Å². The van der Waals surface area contributed by atoms with E-state index in [4.69, 9.17) is 4.74 Å². The van der Waals surface area contributed by atoms with Gasteiger partial charge in [0.05, 0.1) is 7.11 Å². The van der Waals surface area contributed by atoms with Gasteiger partial charge in [-0.25, -0.2) is 0 Å². The van der Waals surface area contributed by atoms with Gasteiger partial charge in [-0.05, 0) is 36.8 Å². The molecular weight excluding hydrogens is 277 g/mol. The van der Waals surface area contributed by atoms with Gasteiger partial charge in [0.15, 0.2) is 17.6 Å². The minimum atomic E-state index is -0.169. The van der Waals surface area contributed by atoms with Crippen LogP contribution >= 0.6 is 0 Å². The first-order valence-electron chi connectivity index (χ1n) is 7.72. The van der Waals surface area contributed by atoms with Gasteiger partial charge in [0.25, 0.3) is 0 Å². The third-order valence-electron chi connectivity index (χ3n) is 4.32. The Morgan fingerprint density at radius 1 is 1.23 bits per heavy atom. The fourth-order valence-electron chi connectivity index (χ4n) is 3.34. The normalized spacial score (nSPS) is 17.4. The average Bonchev–Trinajstić information content (AvgIpc) is 2.54. The first-order chi connectivity index (χ1) is 10.7. The molecule has 0 spiro atoms. The average molecular weight is 298 g/mol. The largest absolute Gasteiger partial charge is 0.497 e. The van der Waals surface area contributed by atoms with E-state index >= 15 is 0 Å². The fraction of sp³-hybridized carbons (Fsp3) is 0.316. The Morgan fingerprint density at radius 2 is 2.00 bits per heavy atom. The van der Waals surface area contributed by atoms with Crippen molar-refractivity contribution in [2.24, 2.45) is 0 Å². The van der Waals surface area contributed by atoms with Crippen LogP contribution in [0.5, 0.6) is 5.75 Å². The predicted octanol–water partition coefficient (Wildman–Crippen LogP) is 4.32.